The summed E-state index contributed by atoms with van der Waals surface area (Å²) in [5, 5.41) is 16.9. The van der Waals surface area contributed by atoms with E-state index in [4.69, 9.17) is 11.6 Å². The molecule has 1 amide bonds. The lowest BCUT2D eigenvalue weighted by Gasteiger charge is -2.53. The molecule has 1 N–H and O–H groups in total. The molecule has 9 heteroatoms. The fraction of sp³-hybridized carbons (Fsp3) is 0.643. The molecular weight excluding hydrogens is 490 g/mol. The number of amides is 1. The van der Waals surface area contributed by atoms with Crippen LogP contribution in [0.5, 0.6) is 0 Å². The molecular formula is C28H38ClN5O3. The van der Waals surface area contributed by atoms with Crippen molar-refractivity contribution in [1.82, 2.24) is 19.7 Å². The molecule has 1 saturated carbocycles. The molecule has 2 saturated heterocycles. The van der Waals surface area contributed by atoms with E-state index in [0.717, 1.165) is 18.5 Å². The summed E-state index contributed by atoms with van der Waals surface area (Å²) in [6, 6.07) is 6.94. The fourth-order valence-electron chi connectivity index (χ4n) is 7.10. The highest BCUT2D eigenvalue weighted by atomic mass is 35.5. The Morgan fingerprint density at radius 1 is 1.03 bits per heavy atom. The Balaban J connectivity index is 1.39. The highest BCUT2D eigenvalue weighted by Crippen LogP contribution is 2.45. The number of nitrogens with zero attached hydrogens (tertiary/aromatic N) is 5. The predicted octanol–water partition coefficient (Wildman–Crippen LogP) is 3.47. The SMILES string of the molecule is C[C@@H]1CN(C(=O)[C@@H]2CN(c3ccc(=O)n(C)n3)C[C@H]2c2ccc(Cl)cn2)C[C@H](C)C1(O)C1CCCCC1. The largest absolute Gasteiger partial charge is 0.389 e. The van der Waals surface area contributed by atoms with E-state index in [9.17, 15) is 14.7 Å². The smallest absolute Gasteiger partial charge is 0.266 e. The molecule has 1 aliphatic carbocycles. The van der Waals surface area contributed by atoms with Crippen LogP contribution >= 0.6 is 11.6 Å². The van der Waals surface area contributed by atoms with Gasteiger partial charge in [0, 0.05) is 68.9 Å². The summed E-state index contributed by atoms with van der Waals surface area (Å²) in [6.45, 7) is 6.40. The van der Waals surface area contributed by atoms with E-state index in [1.807, 2.05) is 17.0 Å². The number of rotatable bonds is 4. The molecule has 0 bridgehead atoms. The van der Waals surface area contributed by atoms with Crippen molar-refractivity contribution >= 4 is 23.3 Å². The van der Waals surface area contributed by atoms with Gasteiger partial charge in [0.1, 0.15) is 5.82 Å². The Hall–Kier alpha value is -2.45. The van der Waals surface area contributed by atoms with Crippen LogP contribution in [0.4, 0.5) is 5.82 Å². The van der Waals surface area contributed by atoms with Crippen molar-refractivity contribution in [2.75, 3.05) is 31.1 Å². The zero-order valence-corrected chi connectivity index (χ0v) is 22.8. The molecule has 8 nitrogen and oxygen atoms in total. The van der Waals surface area contributed by atoms with Gasteiger partial charge in [-0.25, -0.2) is 4.68 Å². The molecule has 2 aromatic heterocycles. The summed E-state index contributed by atoms with van der Waals surface area (Å²) < 4.78 is 1.32. The van der Waals surface area contributed by atoms with Crippen molar-refractivity contribution in [3.05, 3.63) is 51.5 Å². The number of piperidine rings is 1. The van der Waals surface area contributed by atoms with Crippen LogP contribution in [0.15, 0.2) is 35.3 Å². The summed E-state index contributed by atoms with van der Waals surface area (Å²) in [7, 11) is 1.63. The average Bonchev–Trinajstić information content (AvgIpc) is 3.34. The Kier molecular flexibility index (Phi) is 7.33. The summed E-state index contributed by atoms with van der Waals surface area (Å²) in [5.41, 5.74) is -0.0745. The lowest BCUT2D eigenvalue weighted by Crippen LogP contribution is -2.62. The minimum absolute atomic E-state index is 0.0122. The van der Waals surface area contributed by atoms with E-state index in [0.29, 0.717) is 42.9 Å². The van der Waals surface area contributed by atoms with E-state index in [2.05, 4.69) is 28.8 Å². The van der Waals surface area contributed by atoms with E-state index in [1.165, 1.54) is 30.0 Å². The number of hydrogen-bond donors (Lipinski definition) is 1. The molecule has 3 fully saturated rings. The normalized spacial score (nSPS) is 31.1. The Morgan fingerprint density at radius 2 is 1.73 bits per heavy atom. The van der Waals surface area contributed by atoms with Gasteiger partial charge >= 0.3 is 0 Å². The van der Waals surface area contributed by atoms with E-state index >= 15 is 0 Å². The first-order chi connectivity index (χ1) is 17.7. The molecule has 5 atom stereocenters. The fourth-order valence-corrected chi connectivity index (χ4v) is 7.22. The van der Waals surface area contributed by atoms with Crippen LogP contribution < -0.4 is 10.5 Å². The monoisotopic (exact) mass is 527 g/mol. The molecule has 5 rings (SSSR count). The molecule has 2 aromatic rings. The first kappa shape index (κ1) is 26.2. The van der Waals surface area contributed by atoms with E-state index in [1.54, 1.807) is 19.3 Å². The maximum absolute atomic E-state index is 14.1. The van der Waals surface area contributed by atoms with Crippen LogP contribution in [0, 0.1) is 23.7 Å². The number of anilines is 1. The number of halogens is 1. The van der Waals surface area contributed by atoms with Crippen LogP contribution in [0.3, 0.4) is 0 Å². The third-order valence-electron chi connectivity index (χ3n) is 9.18. The van der Waals surface area contributed by atoms with Crippen LogP contribution in [0.1, 0.15) is 57.6 Å². The number of aliphatic hydroxyl groups is 1. The van der Waals surface area contributed by atoms with Crippen molar-refractivity contribution in [2.45, 2.75) is 57.5 Å². The minimum atomic E-state index is -0.727. The zero-order chi connectivity index (χ0) is 26.3. The van der Waals surface area contributed by atoms with Gasteiger partial charge in [0.2, 0.25) is 5.91 Å². The number of pyridine rings is 1. The second kappa shape index (κ2) is 10.4. The molecule has 1 unspecified atom stereocenters. The van der Waals surface area contributed by atoms with Crippen molar-refractivity contribution in [3.8, 4) is 0 Å². The molecule has 0 aromatic carbocycles. The van der Waals surface area contributed by atoms with E-state index in [-0.39, 0.29) is 35.1 Å². The number of hydrogen-bond acceptors (Lipinski definition) is 6. The number of carbonyl (C=O) groups excluding carboxylic acids is 1. The molecule has 0 radical (unpaired) electrons. The summed E-state index contributed by atoms with van der Waals surface area (Å²) in [6.07, 6.45) is 7.40. The van der Waals surface area contributed by atoms with Gasteiger partial charge in [-0.3, -0.25) is 14.6 Å². The third kappa shape index (κ3) is 4.90. The maximum atomic E-state index is 14.1. The van der Waals surface area contributed by atoms with Gasteiger partial charge in [-0.15, -0.1) is 0 Å². The molecule has 2 aliphatic heterocycles. The van der Waals surface area contributed by atoms with Crippen molar-refractivity contribution in [2.24, 2.45) is 30.7 Å². The van der Waals surface area contributed by atoms with Gasteiger partial charge in [0.25, 0.3) is 5.56 Å². The Morgan fingerprint density at radius 3 is 2.35 bits per heavy atom. The predicted molar refractivity (Wildman–Crippen MR) is 144 cm³/mol. The van der Waals surface area contributed by atoms with Gasteiger partial charge in [-0.2, -0.15) is 5.10 Å². The number of carbonyl (C=O) groups is 1. The van der Waals surface area contributed by atoms with Gasteiger partial charge in [0.15, 0.2) is 0 Å². The van der Waals surface area contributed by atoms with Crippen LogP contribution in [0.2, 0.25) is 5.02 Å². The van der Waals surface area contributed by atoms with Gasteiger partial charge < -0.3 is 14.9 Å². The van der Waals surface area contributed by atoms with Crippen LogP contribution in [-0.2, 0) is 11.8 Å². The average molecular weight is 528 g/mol. The standard InChI is InChI=1S/C28H38ClN5O3/c1-18-14-34(15-19(2)28(18,37)20-7-5-4-6-8-20)27(36)23-17-33(25-11-12-26(35)32(3)31-25)16-22(23)24-10-9-21(29)13-30-24/h9-13,18-20,22-23,37H,4-8,14-17H2,1-3H3/t18-,19+,22-,23-,28?/m1/s1. The number of likely N-dealkylation sites (tertiary alicyclic amines) is 1. The number of aryl methyl sites for hydroxylation is 1. The minimum Gasteiger partial charge on any atom is -0.389 e. The van der Waals surface area contributed by atoms with Crippen molar-refractivity contribution in [3.63, 3.8) is 0 Å². The molecule has 0 spiro atoms. The highest BCUT2D eigenvalue weighted by molar-refractivity contribution is 6.30. The summed E-state index contributed by atoms with van der Waals surface area (Å²) in [4.78, 5) is 34.6. The molecule has 200 valence electrons. The first-order valence-electron chi connectivity index (χ1n) is 13.6. The number of aromatic nitrogens is 3. The topological polar surface area (TPSA) is 91.6 Å². The van der Waals surface area contributed by atoms with Crippen LogP contribution in [0.25, 0.3) is 0 Å². The first-order valence-corrected chi connectivity index (χ1v) is 14.0. The van der Waals surface area contributed by atoms with E-state index < -0.39 is 5.60 Å². The maximum Gasteiger partial charge on any atom is 0.266 e. The van der Waals surface area contributed by atoms with Gasteiger partial charge in [0.05, 0.1) is 16.5 Å². The quantitative estimate of drug-likeness (QED) is 0.654. The van der Waals surface area contributed by atoms with Crippen molar-refractivity contribution in [1.29, 1.82) is 0 Å². The van der Waals surface area contributed by atoms with Gasteiger partial charge in [-0.1, -0.05) is 44.7 Å². The Bertz CT molecular complexity index is 1170. The lowest BCUT2D eigenvalue weighted by atomic mass is 9.63. The molecule has 4 heterocycles. The Labute approximate surface area is 223 Å². The summed E-state index contributed by atoms with van der Waals surface area (Å²) >= 11 is 6.10. The zero-order valence-electron chi connectivity index (χ0n) is 22.0. The second-order valence-electron chi connectivity index (χ2n) is 11.4. The summed E-state index contributed by atoms with van der Waals surface area (Å²) in [5.74, 6) is 0.659. The van der Waals surface area contributed by atoms with Crippen LogP contribution in [-0.4, -0.2) is 62.5 Å². The highest BCUT2D eigenvalue weighted by Gasteiger charge is 2.52. The third-order valence-corrected chi connectivity index (χ3v) is 9.40. The second-order valence-corrected chi connectivity index (χ2v) is 11.9. The van der Waals surface area contributed by atoms with Crippen molar-refractivity contribution < 1.29 is 9.90 Å². The molecule has 37 heavy (non-hydrogen) atoms. The lowest BCUT2D eigenvalue weighted by molar-refractivity contribution is -0.166. The molecule has 3 aliphatic rings. The van der Waals surface area contributed by atoms with Gasteiger partial charge in [-0.05, 0) is 37.0 Å².